The minimum atomic E-state index is -0.201. The van der Waals surface area contributed by atoms with Gasteiger partial charge in [-0.2, -0.15) is 0 Å². The summed E-state index contributed by atoms with van der Waals surface area (Å²) in [4.78, 5) is 25.4. The van der Waals surface area contributed by atoms with E-state index in [0.29, 0.717) is 16.8 Å². The smallest absolute Gasteiger partial charge is 0.261 e. The first-order valence-corrected chi connectivity index (χ1v) is 5.72. The maximum absolute atomic E-state index is 12.0. The Morgan fingerprint density at radius 1 is 1.00 bits per heavy atom. The van der Waals surface area contributed by atoms with Crippen molar-refractivity contribution >= 4 is 17.5 Å². The Balaban J connectivity index is 2.50. The lowest BCUT2D eigenvalue weighted by atomic mass is 10.1. The van der Waals surface area contributed by atoms with Crippen LogP contribution in [0.3, 0.4) is 0 Å². The van der Waals surface area contributed by atoms with E-state index in [2.05, 4.69) is 0 Å². The average molecular weight is 229 g/mol. The summed E-state index contributed by atoms with van der Waals surface area (Å²) in [6.45, 7) is 5.41. The zero-order valence-corrected chi connectivity index (χ0v) is 10.3. The summed E-state index contributed by atoms with van der Waals surface area (Å²) in [7, 11) is 0. The molecule has 1 aromatic carbocycles. The monoisotopic (exact) mass is 229 g/mol. The van der Waals surface area contributed by atoms with Crippen LogP contribution in [0.15, 0.2) is 35.4 Å². The van der Waals surface area contributed by atoms with Gasteiger partial charge in [0.25, 0.3) is 11.8 Å². The fourth-order valence-corrected chi connectivity index (χ4v) is 2.00. The van der Waals surface area contributed by atoms with Crippen LogP contribution in [0.5, 0.6) is 0 Å². The Bertz CT molecular complexity index is 505. The highest BCUT2D eigenvalue weighted by atomic mass is 16.2. The molecule has 0 bridgehead atoms. The third kappa shape index (κ3) is 1.68. The summed E-state index contributed by atoms with van der Waals surface area (Å²) in [5.41, 5.74) is 2.81. The van der Waals surface area contributed by atoms with E-state index in [-0.39, 0.29) is 11.8 Å². The van der Waals surface area contributed by atoms with Gasteiger partial charge in [-0.3, -0.25) is 9.59 Å². The molecule has 2 amide bonds. The number of rotatable bonds is 2. The minimum absolute atomic E-state index is 0.201. The third-order valence-corrected chi connectivity index (χ3v) is 3.22. The van der Waals surface area contributed by atoms with Gasteiger partial charge in [0.2, 0.25) is 0 Å². The highest BCUT2D eigenvalue weighted by Gasteiger charge is 2.35. The summed E-state index contributed by atoms with van der Waals surface area (Å²) < 4.78 is 0. The van der Waals surface area contributed by atoms with E-state index in [1.165, 1.54) is 4.90 Å². The molecule has 0 unspecified atom stereocenters. The highest BCUT2D eigenvalue weighted by molar-refractivity contribution is 6.32. The summed E-state index contributed by atoms with van der Waals surface area (Å²) in [6.07, 6.45) is 0.797. The quantitative estimate of drug-likeness (QED) is 0.730. The number of amides is 2. The fraction of sp³-hybridized carbons (Fsp3) is 0.286. The molecule has 0 radical (unpaired) electrons. The number of anilines is 1. The van der Waals surface area contributed by atoms with Crippen molar-refractivity contribution in [2.45, 2.75) is 27.2 Å². The van der Waals surface area contributed by atoms with Crippen molar-refractivity contribution in [3.63, 3.8) is 0 Å². The molecular weight excluding hydrogens is 214 g/mol. The van der Waals surface area contributed by atoms with Crippen molar-refractivity contribution in [2.24, 2.45) is 0 Å². The topological polar surface area (TPSA) is 37.4 Å². The average Bonchev–Trinajstić information content (AvgIpc) is 2.54. The lowest BCUT2D eigenvalue weighted by molar-refractivity contribution is -0.120. The molecule has 0 atom stereocenters. The Morgan fingerprint density at radius 3 is 2.06 bits per heavy atom. The number of nitrogens with zero attached hydrogens (tertiary/aromatic N) is 1. The summed E-state index contributed by atoms with van der Waals surface area (Å²) >= 11 is 0. The molecule has 0 saturated carbocycles. The van der Waals surface area contributed by atoms with Gasteiger partial charge < -0.3 is 0 Å². The van der Waals surface area contributed by atoms with E-state index in [1.807, 2.05) is 31.2 Å². The standard InChI is InChI=1S/C14H15NO2/c1-4-11-7-5-6-8-12(11)15-13(16)9(2)10(3)14(15)17/h5-8H,4H2,1-3H3. The molecule has 1 aliphatic rings. The van der Waals surface area contributed by atoms with Gasteiger partial charge >= 0.3 is 0 Å². The molecule has 3 nitrogen and oxygen atoms in total. The molecule has 1 aliphatic heterocycles. The molecule has 88 valence electrons. The maximum atomic E-state index is 12.0. The lowest BCUT2D eigenvalue weighted by Gasteiger charge is -2.18. The van der Waals surface area contributed by atoms with E-state index in [9.17, 15) is 9.59 Å². The molecule has 2 rings (SSSR count). The van der Waals surface area contributed by atoms with Gasteiger partial charge in [-0.05, 0) is 31.9 Å². The Kier molecular flexibility index (Phi) is 2.84. The number of carbonyl (C=O) groups excluding carboxylic acids is 2. The van der Waals surface area contributed by atoms with Gasteiger partial charge in [-0.15, -0.1) is 0 Å². The van der Waals surface area contributed by atoms with Crippen molar-refractivity contribution in [3.05, 3.63) is 41.0 Å². The van der Waals surface area contributed by atoms with Gasteiger partial charge in [0.05, 0.1) is 5.69 Å². The van der Waals surface area contributed by atoms with Crippen molar-refractivity contribution in [1.29, 1.82) is 0 Å². The van der Waals surface area contributed by atoms with Crippen LogP contribution in [0.25, 0.3) is 0 Å². The van der Waals surface area contributed by atoms with Crippen molar-refractivity contribution in [1.82, 2.24) is 0 Å². The first-order chi connectivity index (χ1) is 8.07. The number of carbonyl (C=O) groups is 2. The molecule has 0 fully saturated rings. The largest absolute Gasteiger partial charge is 0.269 e. The maximum Gasteiger partial charge on any atom is 0.261 e. The second-order valence-electron chi connectivity index (χ2n) is 4.18. The molecule has 3 heteroatoms. The van der Waals surface area contributed by atoms with Crippen LogP contribution in [-0.2, 0) is 16.0 Å². The third-order valence-electron chi connectivity index (χ3n) is 3.22. The molecule has 0 spiro atoms. The Hall–Kier alpha value is -1.90. The van der Waals surface area contributed by atoms with E-state index in [1.54, 1.807) is 13.8 Å². The predicted octanol–water partition coefficient (Wildman–Crippen LogP) is 2.46. The van der Waals surface area contributed by atoms with Gasteiger partial charge in [0.1, 0.15) is 0 Å². The zero-order valence-electron chi connectivity index (χ0n) is 10.3. The van der Waals surface area contributed by atoms with Crippen molar-refractivity contribution in [2.75, 3.05) is 4.90 Å². The number of aryl methyl sites for hydroxylation is 1. The summed E-state index contributed by atoms with van der Waals surface area (Å²) in [6, 6.07) is 7.53. The van der Waals surface area contributed by atoms with Crippen LogP contribution >= 0.6 is 0 Å². The van der Waals surface area contributed by atoms with Crippen LogP contribution in [0.4, 0.5) is 5.69 Å². The summed E-state index contributed by atoms with van der Waals surface area (Å²) in [5, 5.41) is 0. The molecule has 1 aromatic rings. The van der Waals surface area contributed by atoms with Gasteiger partial charge in [0, 0.05) is 11.1 Å². The van der Waals surface area contributed by atoms with Crippen LogP contribution in [-0.4, -0.2) is 11.8 Å². The molecule has 1 heterocycles. The van der Waals surface area contributed by atoms with E-state index in [4.69, 9.17) is 0 Å². The van der Waals surface area contributed by atoms with Crippen LogP contribution in [0.1, 0.15) is 26.3 Å². The first kappa shape index (κ1) is 11.6. The van der Waals surface area contributed by atoms with Crippen LogP contribution < -0.4 is 4.90 Å². The van der Waals surface area contributed by atoms with E-state index >= 15 is 0 Å². The zero-order chi connectivity index (χ0) is 12.6. The van der Waals surface area contributed by atoms with Crippen molar-refractivity contribution < 1.29 is 9.59 Å². The molecular formula is C14H15NO2. The van der Waals surface area contributed by atoms with Gasteiger partial charge in [0.15, 0.2) is 0 Å². The second kappa shape index (κ2) is 4.17. The second-order valence-corrected chi connectivity index (χ2v) is 4.18. The molecule has 17 heavy (non-hydrogen) atoms. The van der Waals surface area contributed by atoms with Crippen molar-refractivity contribution in [3.8, 4) is 0 Å². The number of benzene rings is 1. The van der Waals surface area contributed by atoms with Crippen LogP contribution in [0.2, 0.25) is 0 Å². The lowest BCUT2D eigenvalue weighted by Crippen LogP contribution is -2.32. The Morgan fingerprint density at radius 2 is 1.53 bits per heavy atom. The van der Waals surface area contributed by atoms with E-state index in [0.717, 1.165) is 12.0 Å². The first-order valence-electron chi connectivity index (χ1n) is 5.72. The molecule has 0 saturated heterocycles. The number of para-hydroxylation sites is 1. The minimum Gasteiger partial charge on any atom is -0.269 e. The predicted molar refractivity (Wildman–Crippen MR) is 66.7 cm³/mol. The normalized spacial score (nSPS) is 16.1. The molecule has 0 N–H and O–H groups in total. The number of imide groups is 1. The molecule has 0 aromatic heterocycles. The number of hydrogen-bond donors (Lipinski definition) is 0. The van der Waals surface area contributed by atoms with Crippen LogP contribution in [0, 0.1) is 0 Å². The van der Waals surface area contributed by atoms with Gasteiger partial charge in [-0.25, -0.2) is 4.90 Å². The highest BCUT2D eigenvalue weighted by Crippen LogP contribution is 2.29. The fourth-order valence-electron chi connectivity index (χ4n) is 2.00. The molecule has 0 aliphatic carbocycles. The Labute approximate surface area is 101 Å². The summed E-state index contributed by atoms with van der Waals surface area (Å²) in [5.74, 6) is -0.401. The SMILES string of the molecule is CCc1ccccc1N1C(=O)C(C)=C(C)C1=O. The van der Waals surface area contributed by atoms with E-state index < -0.39 is 0 Å². The number of hydrogen-bond acceptors (Lipinski definition) is 2. The van der Waals surface area contributed by atoms with Gasteiger partial charge in [-0.1, -0.05) is 25.1 Å².